The maximum absolute atomic E-state index is 12.8. The highest BCUT2D eigenvalue weighted by molar-refractivity contribution is 7.86. The molecule has 0 saturated carbocycles. The molecule has 0 aliphatic heterocycles. The average molecular weight is 769 g/mol. The fourth-order valence-corrected chi connectivity index (χ4v) is 6.81. The van der Waals surface area contributed by atoms with Crippen molar-refractivity contribution in [2.75, 3.05) is 23.0 Å². The van der Waals surface area contributed by atoms with Crippen LogP contribution in [0.4, 0.5) is 17.1 Å². The predicted molar refractivity (Wildman–Crippen MR) is 202 cm³/mol. The zero-order valence-electron chi connectivity index (χ0n) is 28.5. The number of hydrogen-bond donors (Lipinski definition) is 6. The number of carbonyl (C=O) groups excluding carboxylic acids is 4. The molecule has 54 heavy (non-hydrogen) atoms. The van der Waals surface area contributed by atoms with Gasteiger partial charge in [-0.3, -0.25) is 28.3 Å². The Balaban J connectivity index is 1.23. The molecule has 0 aliphatic rings. The van der Waals surface area contributed by atoms with Gasteiger partial charge in [-0.05, 0) is 84.3 Å². The minimum Gasteiger partial charge on any atom is -0.355 e. The third kappa shape index (κ3) is 9.69. The second-order valence-corrected chi connectivity index (χ2v) is 14.5. The molecule has 6 N–H and O–H groups in total. The molecule has 16 heteroatoms. The summed E-state index contributed by atoms with van der Waals surface area (Å²) in [6.45, 7) is 1.69. The van der Waals surface area contributed by atoms with Crippen LogP contribution in [0.3, 0.4) is 0 Å². The van der Waals surface area contributed by atoms with Gasteiger partial charge < -0.3 is 21.3 Å². The van der Waals surface area contributed by atoms with E-state index in [0.29, 0.717) is 33.6 Å². The lowest BCUT2D eigenvalue weighted by atomic mass is 10.0. The summed E-state index contributed by atoms with van der Waals surface area (Å²) in [5.74, 6) is -2.30. The highest BCUT2D eigenvalue weighted by Gasteiger charge is 2.20. The first-order valence-corrected chi connectivity index (χ1v) is 18.7. The molecule has 5 rings (SSSR count). The Kier molecular flexibility index (Phi) is 11.5. The number of aryl methyl sites for hydroxylation is 1. The number of carbonyl (C=O) groups is 4. The summed E-state index contributed by atoms with van der Waals surface area (Å²) in [6, 6.07) is 26.7. The summed E-state index contributed by atoms with van der Waals surface area (Å²) < 4.78 is 68.1. The first kappa shape index (κ1) is 38.8. The van der Waals surface area contributed by atoms with Crippen LogP contribution < -0.4 is 21.3 Å². The lowest BCUT2D eigenvalue weighted by molar-refractivity contribution is -0.114. The van der Waals surface area contributed by atoms with Crippen molar-refractivity contribution in [1.82, 2.24) is 5.32 Å². The highest BCUT2D eigenvalue weighted by Crippen LogP contribution is 2.32. The molecular weight excluding hydrogens is 737 g/mol. The fourth-order valence-electron chi connectivity index (χ4n) is 5.27. The molecule has 4 amide bonds. The number of benzene rings is 5. The van der Waals surface area contributed by atoms with Crippen LogP contribution in [0.25, 0.3) is 22.3 Å². The Morgan fingerprint density at radius 3 is 1.50 bits per heavy atom. The van der Waals surface area contributed by atoms with Gasteiger partial charge in [0.15, 0.2) is 0 Å². The van der Waals surface area contributed by atoms with Crippen molar-refractivity contribution in [2.24, 2.45) is 0 Å². The summed E-state index contributed by atoms with van der Waals surface area (Å²) in [4.78, 5) is 49.0. The maximum Gasteiger partial charge on any atom is 0.295 e. The maximum atomic E-state index is 12.8. The Bertz CT molecular complexity index is 2530. The summed E-state index contributed by atoms with van der Waals surface area (Å²) >= 11 is 0. The van der Waals surface area contributed by atoms with Crippen LogP contribution in [0.2, 0.25) is 0 Å². The highest BCUT2D eigenvalue weighted by atomic mass is 32.2. The van der Waals surface area contributed by atoms with Crippen LogP contribution in [-0.2, 0) is 29.8 Å². The van der Waals surface area contributed by atoms with Crippen LogP contribution >= 0.6 is 0 Å². The van der Waals surface area contributed by atoms with Gasteiger partial charge in [-0.2, -0.15) is 16.8 Å². The van der Waals surface area contributed by atoms with Crippen LogP contribution in [0.15, 0.2) is 131 Å². The van der Waals surface area contributed by atoms with E-state index in [9.17, 15) is 45.1 Å². The van der Waals surface area contributed by atoms with Crippen LogP contribution in [0.5, 0.6) is 0 Å². The minimum atomic E-state index is -4.79. The van der Waals surface area contributed by atoms with Crippen LogP contribution in [-0.4, -0.2) is 56.6 Å². The normalized spacial score (nSPS) is 11.5. The summed E-state index contributed by atoms with van der Waals surface area (Å²) in [6.07, 6.45) is 1.86. The summed E-state index contributed by atoms with van der Waals surface area (Å²) in [5, 5.41) is 10.2. The number of amides is 4. The second-order valence-electron chi connectivity index (χ2n) is 11.7. The van der Waals surface area contributed by atoms with Gasteiger partial charge in [0.1, 0.15) is 9.79 Å². The minimum absolute atomic E-state index is 0.000240. The van der Waals surface area contributed by atoms with Gasteiger partial charge in [-0.25, -0.2) is 0 Å². The molecule has 0 saturated heterocycles. The van der Waals surface area contributed by atoms with Gasteiger partial charge in [-0.1, -0.05) is 48.5 Å². The SMILES string of the molecule is CNC(=O)c1cccc(C(=O)Nc2ccc(-c3ccc(NC(=O)/C=C/C(=O)Nc4ccc(-c5ccc(C)cc5S(=O)(=O)O)cc4)cc3S(=O)(=O)O)cc2)c1. The topological polar surface area (TPSA) is 225 Å². The molecule has 0 heterocycles. The monoisotopic (exact) mass is 768 g/mol. The number of nitrogens with one attached hydrogen (secondary N) is 4. The van der Waals surface area contributed by atoms with Gasteiger partial charge in [-0.15, -0.1) is 0 Å². The number of rotatable bonds is 11. The molecule has 14 nitrogen and oxygen atoms in total. The van der Waals surface area contributed by atoms with Crippen molar-refractivity contribution in [3.63, 3.8) is 0 Å². The van der Waals surface area contributed by atoms with E-state index < -0.39 is 42.9 Å². The molecule has 0 aromatic heterocycles. The molecule has 276 valence electrons. The Morgan fingerprint density at radius 1 is 0.537 bits per heavy atom. The molecule has 5 aromatic carbocycles. The molecule has 0 atom stereocenters. The first-order valence-electron chi connectivity index (χ1n) is 15.9. The lowest BCUT2D eigenvalue weighted by Crippen LogP contribution is -2.19. The van der Waals surface area contributed by atoms with Gasteiger partial charge in [0, 0.05) is 58.5 Å². The van der Waals surface area contributed by atoms with Gasteiger partial charge in [0.05, 0.1) is 0 Å². The Labute approximate surface area is 310 Å². The smallest absolute Gasteiger partial charge is 0.295 e. The summed E-state index contributed by atoms with van der Waals surface area (Å²) in [7, 11) is -7.81. The van der Waals surface area contributed by atoms with Crippen LogP contribution in [0.1, 0.15) is 26.3 Å². The fraction of sp³-hybridized carbons (Fsp3) is 0.0526. The third-order valence-electron chi connectivity index (χ3n) is 7.86. The number of anilines is 3. The van der Waals surface area contributed by atoms with Crippen molar-refractivity contribution in [2.45, 2.75) is 16.7 Å². The van der Waals surface area contributed by atoms with E-state index in [1.807, 2.05) is 0 Å². The molecule has 5 aromatic rings. The van der Waals surface area contributed by atoms with E-state index in [4.69, 9.17) is 0 Å². The van der Waals surface area contributed by atoms with E-state index >= 15 is 0 Å². The number of hydrogen-bond acceptors (Lipinski definition) is 8. The Morgan fingerprint density at radius 2 is 0.981 bits per heavy atom. The molecule has 0 radical (unpaired) electrons. The van der Waals surface area contributed by atoms with E-state index in [1.54, 1.807) is 49.4 Å². The van der Waals surface area contributed by atoms with Crippen molar-refractivity contribution in [3.8, 4) is 22.3 Å². The molecule has 0 fully saturated rings. The molecule has 0 aliphatic carbocycles. The molecule has 0 bridgehead atoms. The van der Waals surface area contributed by atoms with Gasteiger partial charge >= 0.3 is 0 Å². The van der Waals surface area contributed by atoms with Crippen molar-refractivity contribution in [3.05, 3.63) is 138 Å². The molecule has 0 spiro atoms. The van der Waals surface area contributed by atoms with Crippen LogP contribution in [0, 0.1) is 6.92 Å². The average Bonchev–Trinajstić information content (AvgIpc) is 3.13. The van der Waals surface area contributed by atoms with E-state index in [1.165, 1.54) is 67.7 Å². The Hall–Kier alpha value is -6.46. The quantitative estimate of drug-likeness (QED) is 0.0724. The molecular formula is C38H32N4O10S2. The lowest BCUT2D eigenvalue weighted by Gasteiger charge is -2.12. The van der Waals surface area contributed by atoms with E-state index in [0.717, 1.165) is 18.2 Å². The zero-order valence-corrected chi connectivity index (χ0v) is 30.2. The second kappa shape index (κ2) is 16.1. The van der Waals surface area contributed by atoms with Gasteiger partial charge in [0.25, 0.3) is 32.1 Å². The van der Waals surface area contributed by atoms with E-state index in [2.05, 4.69) is 21.3 Å². The van der Waals surface area contributed by atoms with E-state index in [-0.39, 0.29) is 33.2 Å². The standard InChI is InChI=1S/C38H32N4O10S2/c1-23-6-16-31(33(20-23)53(47,48)49)24-7-11-28(12-8-24)40-35(43)18-19-36(44)41-30-15-17-32(34(22-30)54(50,51)52)25-9-13-29(14-10-25)42-38(46)27-5-3-4-26(21-27)37(45)39-2/h3-22H,1-2H3,(H,39,45)(H,40,43)(H,41,44)(H,42,46)(H,47,48,49)(H,50,51,52)/b19-18+. The summed E-state index contributed by atoms with van der Waals surface area (Å²) in [5.41, 5.74) is 3.08. The van der Waals surface area contributed by atoms with Gasteiger partial charge in [0.2, 0.25) is 11.8 Å². The van der Waals surface area contributed by atoms with Crippen molar-refractivity contribution in [1.29, 1.82) is 0 Å². The third-order valence-corrected chi connectivity index (χ3v) is 9.65. The van der Waals surface area contributed by atoms with Crippen molar-refractivity contribution < 1.29 is 45.1 Å². The predicted octanol–water partition coefficient (Wildman–Crippen LogP) is 5.57. The molecule has 0 unspecified atom stereocenters. The van der Waals surface area contributed by atoms with Crippen molar-refractivity contribution >= 4 is 60.9 Å². The largest absolute Gasteiger partial charge is 0.355 e. The zero-order chi connectivity index (χ0) is 39.2. The first-order chi connectivity index (χ1) is 25.5.